The lowest BCUT2D eigenvalue weighted by atomic mass is 10.3. The molecule has 1 aromatic rings. The number of hydrogen-bond acceptors (Lipinski definition) is 5. The fraction of sp³-hybridized carbons (Fsp3) is 0.571. The van der Waals surface area contributed by atoms with Crippen molar-refractivity contribution in [2.45, 2.75) is 18.6 Å². The zero-order valence-corrected chi connectivity index (χ0v) is 13.4. The highest BCUT2D eigenvalue weighted by Crippen LogP contribution is 2.23. The Balaban J connectivity index is 1.84. The van der Waals surface area contributed by atoms with Crippen molar-refractivity contribution < 1.29 is 4.79 Å². The minimum atomic E-state index is -0.0821. The molecule has 0 aliphatic carbocycles. The first-order valence-corrected chi connectivity index (χ1v) is 9.18. The number of thioether (sulfide) groups is 2. The van der Waals surface area contributed by atoms with Crippen LogP contribution in [0.15, 0.2) is 18.2 Å². The Labute approximate surface area is 128 Å². The van der Waals surface area contributed by atoms with Crippen molar-refractivity contribution in [1.29, 1.82) is 0 Å². The van der Waals surface area contributed by atoms with Gasteiger partial charge in [-0.1, -0.05) is 13.0 Å². The van der Waals surface area contributed by atoms with Crippen LogP contribution in [-0.2, 0) is 0 Å². The normalized spacial score (nSPS) is 18.6. The number of anilines is 1. The van der Waals surface area contributed by atoms with E-state index in [1.807, 2.05) is 35.7 Å². The number of hydrogen-bond donors (Lipinski definition) is 2. The average molecular weight is 311 g/mol. The molecule has 1 aromatic heterocycles. The van der Waals surface area contributed by atoms with Gasteiger partial charge in [0.15, 0.2) is 0 Å². The maximum Gasteiger partial charge on any atom is 0.270 e. The standard InChI is InChI=1S/C14H21N3OS2/c1-2-6-15-13-5-3-4-12(17-13)14(18)16-9-11-10-19-7-8-20-11/h3-5,11H,2,6-10H2,1H3,(H,15,17)(H,16,18). The molecule has 0 bridgehead atoms. The summed E-state index contributed by atoms with van der Waals surface area (Å²) in [6.07, 6.45) is 1.04. The summed E-state index contributed by atoms with van der Waals surface area (Å²) in [5, 5.41) is 6.71. The minimum Gasteiger partial charge on any atom is -0.370 e. The van der Waals surface area contributed by atoms with Crippen molar-refractivity contribution in [2.24, 2.45) is 0 Å². The van der Waals surface area contributed by atoms with Gasteiger partial charge in [0.1, 0.15) is 11.5 Å². The zero-order valence-electron chi connectivity index (χ0n) is 11.7. The van der Waals surface area contributed by atoms with Gasteiger partial charge in [0.25, 0.3) is 5.91 Å². The Morgan fingerprint density at radius 2 is 2.35 bits per heavy atom. The van der Waals surface area contributed by atoms with Crippen LogP contribution in [0.5, 0.6) is 0 Å². The Morgan fingerprint density at radius 3 is 3.10 bits per heavy atom. The summed E-state index contributed by atoms with van der Waals surface area (Å²) in [7, 11) is 0. The molecule has 0 radical (unpaired) electrons. The fourth-order valence-electron chi connectivity index (χ4n) is 1.86. The lowest BCUT2D eigenvalue weighted by Gasteiger charge is -2.21. The van der Waals surface area contributed by atoms with E-state index in [0.29, 0.717) is 10.9 Å². The van der Waals surface area contributed by atoms with E-state index in [9.17, 15) is 4.79 Å². The van der Waals surface area contributed by atoms with Crippen molar-refractivity contribution in [3.8, 4) is 0 Å². The number of nitrogens with zero attached hydrogens (tertiary/aromatic N) is 1. The topological polar surface area (TPSA) is 54.0 Å². The number of carbonyl (C=O) groups is 1. The SMILES string of the molecule is CCCNc1cccc(C(=O)NCC2CSCCS2)n1. The first-order valence-electron chi connectivity index (χ1n) is 6.98. The van der Waals surface area contributed by atoms with Crippen LogP contribution < -0.4 is 10.6 Å². The molecule has 0 saturated carbocycles. The number of amides is 1. The number of nitrogens with one attached hydrogen (secondary N) is 2. The molecule has 1 saturated heterocycles. The maximum absolute atomic E-state index is 12.1. The van der Waals surface area contributed by atoms with Crippen LogP contribution in [0.1, 0.15) is 23.8 Å². The van der Waals surface area contributed by atoms with Crippen molar-refractivity contribution in [2.75, 3.05) is 35.7 Å². The lowest BCUT2D eigenvalue weighted by Crippen LogP contribution is -2.33. The number of carbonyl (C=O) groups excluding carboxylic acids is 1. The third-order valence-electron chi connectivity index (χ3n) is 2.91. The second-order valence-corrected chi connectivity index (χ2v) is 7.17. The molecular formula is C14H21N3OS2. The van der Waals surface area contributed by atoms with Gasteiger partial charge in [-0.05, 0) is 18.6 Å². The smallest absolute Gasteiger partial charge is 0.270 e. The van der Waals surface area contributed by atoms with Crippen LogP contribution in [0, 0.1) is 0 Å². The lowest BCUT2D eigenvalue weighted by molar-refractivity contribution is 0.0949. The van der Waals surface area contributed by atoms with Gasteiger partial charge in [-0.15, -0.1) is 0 Å². The highest BCUT2D eigenvalue weighted by Gasteiger charge is 2.16. The molecule has 1 atom stereocenters. The molecule has 2 N–H and O–H groups in total. The molecule has 6 heteroatoms. The molecule has 4 nitrogen and oxygen atoms in total. The van der Waals surface area contributed by atoms with Crippen molar-refractivity contribution in [3.63, 3.8) is 0 Å². The average Bonchev–Trinajstić information content (AvgIpc) is 2.52. The molecular weight excluding hydrogens is 290 g/mol. The van der Waals surface area contributed by atoms with Gasteiger partial charge >= 0.3 is 0 Å². The van der Waals surface area contributed by atoms with Crippen LogP contribution in [0.3, 0.4) is 0 Å². The highest BCUT2D eigenvalue weighted by molar-refractivity contribution is 8.06. The van der Waals surface area contributed by atoms with Crippen LogP contribution in [-0.4, -0.2) is 46.5 Å². The summed E-state index contributed by atoms with van der Waals surface area (Å²) in [6.45, 7) is 3.70. The molecule has 1 aliphatic heterocycles. The third kappa shape index (κ3) is 4.90. The summed E-state index contributed by atoms with van der Waals surface area (Å²) >= 11 is 3.91. The zero-order chi connectivity index (χ0) is 14.2. The number of pyridine rings is 1. The van der Waals surface area contributed by atoms with E-state index in [2.05, 4.69) is 22.5 Å². The quantitative estimate of drug-likeness (QED) is 0.845. The highest BCUT2D eigenvalue weighted by atomic mass is 32.2. The molecule has 0 aromatic carbocycles. The Bertz CT molecular complexity index is 436. The van der Waals surface area contributed by atoms with Crippen molar-refractivity contribution in [1.82, 2.24) is 10.3 Å². The molecule has 2 heterocycles. The Morgan fingerprint density at radius 1 is 1.45 bits per heavy atom. The summed E-state index contributed by atoms with van der Waals surface area (Å²) < 4.78 is 0. The molecule has 1 aliphatic rings. The van der Waals surface area contributed by atoms with Crippen LogP contribution in [0.2, 0.25) is 0 Å². The molecule has 1 amide bonds. The fourth-order valence-corrected chi connectivity index (χ4v) is 4.48. The first-order chi connectivity index (χ1) is 9.79. The first kappa shape index (κ1) is 15.5. The monoisotopic (exact) mass is 311 g/mol. The van der Waals surface area contributed by atoms with E-state index in [0.717, 1.165) is 31.1 Å². The Hall–Kier alpha value is -0.880. The summed E-state index contributed by atoms with van der Waals surface area (Å²) in [5.74, 6) is 4.21. The van der Waals surface area contributed by atoms with E-state index in [1.165, 1.54) is 11.5 Å². The van der Waals surface area contributed by atoms with Gasteiger partial charge in [-0.2, -0.15) is 23.5 Å². The van der Waals surface area contributed by atoms with Gasteiger partial charge < -0.3 is 10.6 Å². The number of aromatic nitrogens is 1. The molecule has 0 spiro atoms. The Kier molecular flexibility index (Phi) is 6.53. The van der Waals surface area contributed by atoms with Crippen LogP contribution >= 0.6 is 23.5 Å². The largest absolute Gasteiger partial charge is 0.370 e. The van der Waals surface area contributed by atoms with E-state index >= 15 is 0 Å². The third-order valence-corrected chi connectivity index (χ3v) is 5.76. The van der Waals surface area contributed by atoms with E-state index in [4.69, 9.17) is 0 Å². The number of rotatable bonds is 6. The van der Waals surface area contributed by atoms with Gasteiger partial charge in [0, 0.05) is 35.6 Å². The molecule has 110 valence electrons. The van der Waals surface area contributed by atoms with Gasteiger partial charge in [-0.3, -0.25) is 4.79 Å². The van der Waals surface area contributed by atoms with Gasteiger partial charge in [0.2, 0.25) is 0 Å². The van der Waals surface area contributed by atoms with E-state index in [1.54, 1.807) is 6.07 Å². The summed E-state index contributed by atoms with van der Waals surface area (Å²) in [4.78, 5) is 16.4. The molecule has 1 unspecified atom stereocenters. The second-order valence-electron chi connectivity index (χ2n) is 4.61. The van der Waals surface area contributed by atoms with E-state index < -0.39 is 0 Å². The maximum atomic E-state index is 12.1. The molecule has 20 heavy (non-hydrogen) atoms. The second kappa shape index (κ2) is 8.42. The van der Waals surface area contributed by atoms with E-state index in [-0.39, 0.29) is 5.91 Å². The van der Waals surface area contributed by atoms with Crippen LogP contribution in [0.4, 0.5) is 5.82 Å². The van der Waals surface area contributed by atoms with Crippen molar-refractivity contribution >= 4 is 35.2 Å². The summed E-state index contributed by atoms with van der Waals surface area (Å²) in [6, 6.07) is 5.51. The predicted octanol–water partition coefficient (Wildman–Crippen LogP) is 2.48. The minimum absolute atomic E-state index is 0.0821. The predicted molar refractivity (Wildman–Crippen MR) is 88.9 cm³/mol. The van der Waals surface area contributed by atoms with Crippen LogP contribution in [0.25, 0.3) is 0 Å². The molecule has 1 fully saturated rings. The van der Waals surface area contributed by atoms with Gasteiger partial charge in [-0.25, -0.2) is 4.98 Å². The summed E-state index contributed by atoms with van der Waals surface area (Å²) in [5.41, 5.74) is 0.486. The van der Waals surface area contributed by atoms with Gasteiger partial charge in [0.05, 0.1) is 0 Å². The molecule has 2 rings (SSSR count). The van der Waals surface area contributed by atoms with Crippen molar-refractivity contribution in [3.05, 3.63) is 23.9 Å².